The molecule has 0 saturated carbocycles. The summed E-state index contributed by atoms with van der Waals surface area (Å²) in [5, 5.41) is 3.41. The Hall–Kier alpha value is -3.28. The molecule has 0 atom stereocenters. The van der Waals surface area contributed by atoms with Crippen molar-refractivity contribution < 1.29 is 9.47 Å². The van der Waals surface area contributed by atoms with Gasteiger partial charge in [0.25, 0.3) is 0 Å². The van der Waals surface area contributed by atoms with Gasteiger partial charge < -0.3 is 19.7 Å². The number of nitrogens with zero attached hydrogens (tertiary/aromatic N) is 3. The normalized spacial score (nSPS) is 13.0. The van der Waals surface area contributed by atoms with Crippen molar-refractivity contribution in [3.63, 3.8) is 0 Å². The molecule has 0 amide bonds. The predicted molar refractivity (Wildman–Crippen MR) is 115 cm³/mol. The third kappa shape index (κ3) is 4.42. The van der Waals surface area contributed by atoms with Crippen LogP contribution in [0.1, 0.15) is 16.7 Å². The molecule has 2 heterocycles. The molecule has 150 valence electrons. The number of methoxy groups -OCH3 is 2. The van der Waals surface area contributed by atoms with Gasteiger partial charge in [0.1, 0.15) is 5.82 Å². The Morgan fingerprint density at radius 2 is 1.76 bits per heavy atom. The number of hydrogen-bond acceptors (Lipinski definition) is 6. The van der Waals surface area contributed by atoms with E-state index in [1.165, 1.54) is 16.7 Å². The monoisotopic (exact) mass is 390 g/mol. The molecule has 1 aromatic heterocycles. The van der Waals surface area contributed by atoms with Gasteiger partial charge in [0, 0.05) is 25.8 Å². The van der Waals surface area contributed by atoms with Crippen LogP contribution in [-0.2, 0) is 19.4 Å². The molecule has 0 saturated heterocycles. The summed E-state index contributed by atoms with van der Waals surface area (Å²) in [6.45, 7) is 2.46. The van der Waals surface area contributed by atoms with E-state index in [1.807, 2.05) is 18.3 Å². The lowest BCUT2D eigenvalue weighted by atomic mass is 9.99. The van der Waals surface area contributed by atoms with Crippen molar-refractivity contribution >= 4 is 11.8 Å². The number of ether oxygens (including phenoxy) is 2. The highest BCUT2D eigenvalue weighted by molar-refractivity contribution is 5.51. The zero-order chi connectivity index (χ0) is 20.1. The number of fused-ring (bicyclic) bond motifs is 1. The molecule has 0 radical (unpaired) electrons. The number of aromatic nitrogens is 2. The molecule has 0 spiro atoms. The average Bonchev–Trinajstić information content (AvgIpc) is 2.78. The minimum Gasteiger partial charge on any atom is -0.493 e. The fraction of sp³-hybridized carbons (Fsp3) is 0.304. The van der Waals surface area contributed by atoms with Gasteiger partial charge >= 0.3 is 0 Å². The van der Waals surface area contributed by atoms with Gasteiger partial charge in [-0.15, -0.1) is 0 Å². The number of rotatable bonds is 7. The van der Waals surface area contributed by atoms with E-state index in [0.29, 0.717) is 0 Å². The van der Waals surface area contributed by atoms with Crippen LogP contribution < -0.4 is 19.7 Å². The first-order valence-corrected chi connectivity index (χ1v) is 9.86. The topological polar surface area (TPSA) is 59.5 Å². The number of nitrogens with one attached hydrogen (secondary N) is 1. The smallest absolute Gasteiger partial charge is 0.227 e. The molecule has 6 heteroatoms. The molecule has 0 fully saturated rings. The fourth-order valence-corrected chi connectivity index (χ4v) is 3.63. The number of benzene rings is 2. The van der Waals surface area contributed by atoms with E-state index in [4.69, 9.17) is 14.5 Å². The van der Waals surface area contributed by atoms with Gasteiger partial charge in [-0.2, -0.15) is 4.98 Å². The highest BCUT2D eigenvalue weighted by Gasteiger charge is 2.21. The average molecular weight is 390 g/mol. The minimum atomic E-state index is 0.746. The summed E-state index contributed by atoms with van der Waals surface area (Å²) in [7, 11) is 3.34. The van der Waals surface area contributed by atoms with Crippen molar-refractivity contribution in [1.29, 1.82) is 0 Å². The lowest BCUT2D eigenvalue weighted by Crippen LogP contribution is -2.32. The third-order valence-corrected chi connectivity index (χ3v) is 5.21. The van der Waals surface area contributed by atoms with Crippen LogP contribution in [0, 0.1) is 0 Å². The van der Waals surface area contributed by atoms with E-state index >= 15 is 0 Å². The fourth-order valence-electron chi connectivity index (χ4n) is 3.63. The Labute approximate surface area is 171 Å². The van der Waals surface area contributed by atoms with Crippen molar-refractivity contribution in [2.24, 2.45) is 0 Å². The maximum Gasteiger partial charge on any atom is 0.227 e. The first-order chi connectivity index (χ1) is 14.3. The van der Waals surface area contributed by atoms with Crippen LogP contribution >= 0.6 is 0 Å². The maximum absolute atomic E-state index is 5.46. The van der Waals surface area contributed by atoms with Crippen LogP contribution in [0.2, 0.25) is 0 Å². The van der Waals surface area contributed by atoms with Gasteiger partial charge in [-0.25, -0.2) is 4.98 Å². The Bertz CT molecular complexity index is 962. The van der Waals surface area contributed by atoms with Crippen LogP contribution in [0.4, 0.5) is 11.8 Å². The second-order valence-electron chi connectivity index (χ2n) is 7.05. The Balaban J connectivity index is 1.43. The molecule has 1 aliphatic heterocycles. The largest absolute Gasteiger partial charge is 0.493 e. The highest BCUT2D eigenvalue weighted by atomic mass is 16.5. The van der Waals surface area contributed by atoms with E-state index in [0.717, 1.165) is 55.7 Å². The zero-order valence-corrected chi connectivity index (χ0v) is 16.9. The van der Waals surface area contributed by atoms with E-state index in [-0.39, 0.29) is 0 Å². The second-order valence-corrected chi connectivity index (χ2v) is 7.05. The molecule has 1 N–H and O–H groups in total. The Kier molecular flexibility index (Phi) is 5.79. The summed E-state index contributed by atoms with van der Waals surface area (Å²) in [5.41, 5.74) is 3.82. The highest BCUT2D eigenvalue weighted by Crippen LogP contribution is 2.33. The molecule has 4 rings (SSSR count). The van der Waals surface area contributed by atoms with Crippen molar-refractivity contribution in [1.82, 2.24) is 9.97 Å². The van der Waals surface area contributed by atoms with Gasteiger partial charge in [0.15, 0.2) is 11.5 Å². The molecule has 0 unspecified atom stereocenters. The van der Waals surface area contributed by atoms with Crippen LogP contribution in [0.5, 0.6) is 11.5 Å². The van der Waals surface area contributed by atoms with Crippen molar-refractivity contribution in [3.8, 4) is 11.5 Å². The van der Waals surface area contributed by atoms with Gasteiger partial charge in [-0.1, -0.05) is 30.3 Å². The van der Waals surface area contributed by atoms with Gasteiger partial charge in [0.2, 0.25) is 5.95 Å². The zero-order valence-electron chi connectivity index (χ0n) is 16.9. The molecule has 6 nitrogen and oxygen atoms in total. The van der Waals surface area contributed by atoms with Gasteiger partial charge in [0.05, 0.1) is 14.2 Å². The number of hydrogen-bond donors (Lipinski definition) is 1. The molecule has 1 aliphatic rings. The Morgan fingerprint density at radius 3 is 2.52 bits per heavy atom. The van der Waals surface area contributed by atoms with Gasteiger partial charge in [-0.3, -0.25) is 0 Å². The molecular weight excluding hydrogens is 364 g/mol. The molecule has 3 aromatic rings. The van der Waals surface area contributed by atoms with Crippen molar-refractivity contribution in [3.05, 3.63) is 71.4 Å². The second kappa shape index (κ2) is 8.82. The molecule has 29 heavy (non-hydrogen) atoms. The summed E-state index contributed by atoms with van der Waals surface area (Å²) < 4.78 is 10.9. The Morgan fingerprint density at radius 1 is 1.00 bits per heavy atom. The van der Waals surface area contributed by atoms with E-state index < -0.39 is 0 Å². The summed E-state index contributed by atoms with van der Waals surface area (Å²) >= 11 is 0. The first-order valence-electron chi connectivity index (χ1n) is 9.86. The van der Waals surface area contributed by atoms with Crippen LogP contribution in [-0.4, -0.2) is 37.3 Å². The first kappa shape index (κ1) is 19.1. The molecule has 0 aliphatic carbocycles. The summed E-state index contributed by atoms with van der Waals surface area (Å²) in [5.74, 6) is 3.13. The van der Waals surface area contributed by atoms with Crippen LogP contribution in [0.25, 0.3) is 0 Å². The molecule has 0 bridgehead atoms. The lowest BCUT2D eigenvalue weighted by molar-refractivity contribution is 0.353. The number of anilines is 2. The lowest BCUT2D eigenvalue weighted by Gasteiger charge is -2.29. The summed E-state index contributed by atoms with van der Waals surface area (Å²) in [6.07, 6.45) is 3.70. The van der Waals surface area contributed by atoms with Crippen LogP contribution in [0.15, 0.2) is 54.7 Å². The van der Waals surface area contributed by atoms with Gasteiger partial charge in [-0.05, 0) is 47.7 Å². The van der Waals surface area contributed by atoms with Crippen LogP contribution in [0.3, 0.4) is 0 Å². The third-order valence-electron chi connectivity index (χ3n) is 5.21. The minimum absolute atomic E-state index is 0.746. The van der Waals surface area contributed by atoms with E-state index in [1.54, 1.807) is 14.2 Å². The SMILES string of the molecule is COc1cc2c(cc1OC)CN(c1nccc(NCCc3ccccc3)n1)CC2. The van der Waals surface area contributed by atoms with Crippen molar-refractivity contribution in [2.75, 3.05) is 37.5 Å². The standard InChI is InChI=1S/C23H26N4O2/c1-28-20-14-18-10-13-27(16-19(18)15-21(20)29-2)23-25-12-9-22(26-23)24-11-8-17-6-4-3-5-7-17/h3-7,9,12,14-15H,8,10-11,13,16H2,1-2H3,(H,24,25,26). The predicted octanol–water partition coefficient (Wildman–Crippen LogP) is 3.71. The maximum atomic E-state index is 5.46. The summed E-state index contributed by atoms with van der Waals surface area (Å²) in [6, 6.07) is 16.5. The van der Waals surface area contributed by atoms with E-state index in [9.17, 15) is 0 Å². The summed E-state index contributed by atoms with van der Waals surface area (Å²) in [4.78, 5) is 11.4. The van der Waals surface area contributed by atoms with E-state index in [2.05, 4.69) is 51.6 Å². The quantitative estimate of drug-likeness (QED) is 0.664. The molecule has 2 aromatic carbocycles. The van der Waals surface area contributed by atoms with Crippen molar-refractivity contribution in [2.45, 2.75) is 19.4 Å². The molecular formula is C23H26N4O2.